The Labute approximate surface area is 138 Å². The summed E-state index contributed by atoms with van der Waals surface area (Å²) < 4.78 is 1.93. The number of hydrogen-bond acceptors (Lipinski definition) is 2. The lowest BCUT2D eigenvalue weighted by atomic mass is 10.1. The second-order valence-electron chi connectivity index (χ2n) is 6.66. The van der Waals surface area contributed by atoms with Crippen LogP contribution >= 0.6 is 0 Å². The first-order chi connectivity index (χ1) is 11.0. The number of likely N-dealkylation sites (N-methyl/N-ethyl adjacent to an activating group) is 1. The van der Waals surface area contributed by atoms with Gasteiger partial charge in [0.05, 0.1) is 17.8 Å². The predicted octanol–water partition coefficient (Wildman–Crippen LogP) is 3.29. The zero-order chi connectivity index (χ0) is 16.6. The summed E-state index contributed by atoms with van der Waals surface area (Å²) >= 11 is 0. The number of aryl methyl sites for hydroxylation is 1. The molecule has 122 valence electrons. The Kier molecular flexibility index (Phi) is 4.24. The van der Waals surface area contributed by atoms with E-state index in [9.17, 15) is 4.79 Å². The molecule has 1 heterocycles. The van der Waals surface area contributed by atoms with E-state index in [-0.39, 0.29) is 5.91 Å². The van der Waals surface area contributed by atoms with E-state index >= 15 is 0 Å². The fourth-order valence-corrected chi connectivity index (χ4v) is 3.15. The van der Waals surface area contributed by atoms with Crippen LogP contribution in [0, 0.1) is 19.8 Å². The minimum absolute atomic E-state index is 0.184. The summed E-state index contributed by atoms with van der Waals surface area (Å²) in [6.07, 6.45) is 2.93. The molecule has 3 rings (SSSR count). The van der Waals surface area contributed by atoms with Crippen molar-refractivity contribution in [1.82, 2.24) is 14.7 Å². The van der Waals surface area contributed by atoms with Gasteiger partial charge in [0.1, 0.15) is 0 Å². The molecule has 0 aliphatic heterocycles. The molecule has 23 heavy (non-hydrogen) atoms. The highest BCUT2D eigenvalue weighted by atomic mass is 16.2. The quantitative estimate of drug-likeness (QED) is 0.850. The Balaban J connectivity index is 1.80. The molecule has 2 aromatic rings. The summed E-state index contributed by atoms with van der Waals surface area (Å²) in [6.45, 7) is 6.18. The molecule has 1 aromatic carbocycles. The van der Waals surface area contributed by atoms with Crippen molar-refractivity contribution in [3.63, 3.8) is 0 Å². The highest BCUT2D eigenvalue weighted by Gasteiger charge is 2.32. The first-order valence-electron chi connectivity index (χ1n) is 8.35. The Morgan fingerprint density at radius 2 is 1.96 bits per heavy atom. The van der Waals surface area contributed by atoms with Gasteiger partial charge in [-0.15, -0.1) is 0 Å². The average Bonchev–Trinajstić information content (AvgIpc) is 3.37. The molecule has 1 fully saturated rings. The lowest BCUT2D eigenvalue weighted by molar-refractivity contribution is -0.131. The lowest BCUT2D eigenvalue weighted by Gasteiger charge is -2.25. The summed E-state index contributed by atoms with van der Waals surface area (Å²) in [4.78, 5) is 14.5. The molecule has 4 heteroatoms. The number of carbonyl (C=O) groups is 1. The summed E-state index contributed by atoms with van der Waals surface area (Å²) in [6, 6.07) is 10.4. The zero-order valence-corrected chi connectivity index (χ0v) is 14.4. The molecule has 1 unspecified atom stereocenters. The van der Waals surface area contributed by atoms with Crippen LogP contribution in [0.3, 0.4) is 0 Å². The van der Waals surface area contributed by atoms with Crippen LogP contribution in [0.5, 0.6) is 0 Å². The third-order valence-electron chi connectivity index (χ3n) is 5.08. The average molecular weight is 311 g/mol. The van der Waals surface area contributed by atoms with Gasteiger partial charge in [-0.1, -0.05) is 18.2 Å². The predicted molar refractivity (Wildman–Crippen MR) is 91.7 cm³/mol. The van der Waals surface area contributed by atoms with Crippen LogP contribution in [-0.4, -0.2) is 33.7 Å². The third kappa shape index (κ3) is 3.16. The van der Waals surface area contributed by atoms with Crippen molar-refractivity contribution >= 4 is 5.91 Å². The normalized spacial score (nSPS) is 15.5. The minimum Gasteiger partial charge on any atom is -0.342 e. The second-order valence-corrected chi connectivity index (χ2v) is 6.66. The molecular weight excluding hydrogens is 286 g/mol. The molecule has 0 saturated heterocycles. The molecule has 0 radical (unpaired) electrons. The van der Waals surface area contributed by atoms with Gasteiger partial charge in [0.25, 0.3) is 0 Å². The topological polar surface area (TPSA) is 38.1 Å². The molecule has 0 bridgehead atoms. The molecule has 4 nitrogen and oxygen atoms in total. The monoisotopic (exact) mass is 311 g/mol. The molecular formula is C19H25N3O. The highest BCUT2D eigenvalue weighted by molar-refractivity contribution is 5.79. The van der Waals surface area contributed by atoms with Crippen molar-refractivity contribution in [1.29, 1.82) is 0 Å². The fourth-order valence-electron chi connectivity index (χ4n) is 3.15. The number of para-hydroxylation sites is 1. The van der Waals surface area contributed by atoms with Gasteiger partial charge in [-0.3, -0.25) is 4.79 Å². The van der Waals surface area contributed by atoms with E-state index in [4.69, 9.17) is 0 Å². The summed E-state index contributed by atoms with van der Waals surface area (Å²) in [5.74, 6) is 0.876. The minimum atomic E-state index is 0.184. The van der Waals surface area contributed by atoms with Crippen LogP contribution < -0.4 is 0 Å². The van der Waals surface area contributed by atoms with Gasteiger partial charge in [-0.2, -0.15) is 5.10 Å². The van der Waals surface area contributed by atoms with Gasteiger partial charge >= 0.3 is 0 Å². The molecule has 1 atom stereocenters. The Morgan fingerprint density at radius 1 is 1.30 bits per heavy atom. The van der Waals surface area contributed by atoms with Crippen molar-refractivity contribution in [2.75, 3.05) is 7.05 Å². The zero-order valence-electron chi connectivity index (χ0n) is 14.4. The Hall–Kier alpha value is -2.10. The van der Waals surface area contributed by atoms with Gasteiger partial charge in [-0.05, 0) is 51.7 Å². The van der Waals surface area contributed by atoms with Crippen molar-refractivity contribution in [2.24, 2.45) is 5.92 Å². The molecule has 0 N–H and O–H groups in total. The Morgan fingerprint density at radius 3 is 2.57 bits per heavy atom. The fraction of sp³-hybridized carbons (Fsp3) is 0.474. The van der Waals surface area contributed by atoms with E-state index in [1.165, 1.54) is 12.8 Å². The lowest BCUT2D eigenvalue weighted by Crippen LogP contribution is -2.37. The van der Waals surface area contributed by atoms with Crippen LogP contribution in [0.25, 0.3) is 5.69 Å². The molecule has 0 spiro atoms. The molecule has 1 saturated carbocycles. The van der Waals surface area contributed by atoms with Crippen LogP contribution in [0.2, 0.25) is 0 Å². The van der Waals surface area contributed by atoms with E-state index < -0.39 is 0 Å². The number of hydrogen-bond donors (Lipinski definition) is 0. The van der Waals surface area contributed by atoms with E-state index in [0.29, 0.717) is 18.4 Å². The van der Waals surface area contributed by atoms with Gasteiger partial charge in [0.2, 0.25) is 5.91 Å². The Bertz CT molecular complexity index is 701. The summed E-state index contributed by atoms with van der Waals surface area (Å²) in [7, 11) is 1.93. The van der Waals surface area contributed by atoms with E-state index in [0.717, 1.165) is 22.6 Å². The number of benzene rings is 1. The molecule has 1 aromatic heterocycles. The number of nitrogens with zero attached hydrogens (tertiary/aromatic N) is 3. The maximum atomic E-state index is 12.6. The van der Waals surface area contributed by atoms with Crippen molar-refractivity contribution in [3.8, 4) is 5.69 Å². The highest BCUT2D eigenvalue weighted by Crippen LogP contribution is 2.35. The smallest absolute Gasteiger partial charge is 0.227 e. The number of aromatic nitrogens is 2. The first-order valence-corrected chi connectivity index (χ1v) is 8.35. The van der Waals surface area contributed by atoms with E-state index in [1.54, 1.807) is 0 Å². The van der Waals surface area contributed by atoms with Crippen molar-refractivity contribution < 1.29 is 4.79 Å². The van der Waals surface area contributed by atoms with Crippen LogP contribution in [0.15, 0.2) is 30.3 Å². The molecule has 1 aliphatic rings. The third-order valence-corrected chi connectivity index (χ3v) is 5.08. The largest absolute Gasteiger partial charge is 0.342 e. The summed E-state index contributed by atoms with van der Waals surface area (Å²) in [5.41, 5.74) is 4.07. The maximum absolute atomic E-state index is 12.6. The van der Waals surface area contributed by atoms with Crippen LogP contribution in [-0.2, 0) is 11.2 Å². The van der Waals surface area contributed by atoms with Crippen LogP contribution in [0.1, 0.15) is 36.7 Å². The molecule has 1 aliphatic carbocycles. The number of carbonyl (C=O) groups excluding carboxylic acids is 1. The summed E-state index contributed by atoms with van der Waals surface area (Å²) in [5, 5.41) is 4.63. The van der Waals surface area contributed by atoms with E-state index in [1.807, 2.05) is 60.8 Å². The first kappa shape index (κ1) is 15.8. The van der Waals surface area contributed by atoms with Gasteiger partial charge < -0.3 is 4.90 Å². The second kappa shape index (κ2) is 6.19. The number of amides is 1. The van der Waals surface area contributed by atoms with Gasteiger partial charge in [0, 0.05) is 24.3 Å². The van der Waals surface area contributed by atoms with Crippen molar-refractivity contribution in [2.45, 2.75) is 46.1 Å². The molecule has 1 amide bonds. The SMILES string of the molecule is Cc1nn(-c2ccccc2)c(C)c1CC(=O)N(C)C(C)C1CC1. The maximum Gasteiger partial charge on any atom is 0.227 e. The van der Waals surface area contributed by atoms with Crippen LogP contribution in [0.4, 0.5) is 0 Å². The van der Waals surface area contributed by atoms with Crippen molar-refractivity contribution in [3.05, 3.63) is 47.3 Å². The van der Waals surface area contributed by atoms with Gasteiger partial charge in [0.15, 0.2) is 0 Å². The number of rotatable bonds is 5. The van der Waals surface area contributed by atoms with E-state index in [2.05, 4.69) is 12.0 Å². The standard InChI is InChI=1S/C19H25N3O/c1-13-18(12-19(23)21(4)14(2)16-10-11-16)15(3)22(20-13)17-8-6-5-7-9-17/h5-9,14,16H,10-12H2,1-4H3. The van der Waals surface area contributed by atoms with Gasteiger partial charge in [-0.25, -0.2) is 4.68 Å².